The summed E-state index contributed by atoms with van der Waals surface area (Å²) in [6.45, 7) is 0.972. The molecule has 0 unspecified atom stereocenters. The number of nitrogens with zero attached hydrogens (tertiary/aromatic N) is 2. The van der Waals surface area contributed by atoms with Crippen molar-refractivity contribution in [2.45, 2.75) is 43.5 Å². The average Bonchev–Trinajstić information content (AvgIpc) is 2.98. The normalized spacial score (nSPS) is 18.0. The largest absolute Gasteiger partial charge is 0.350 e. The number of carbonyl (C=O) groups is 2. The SMILES string of the molecule is O=C1CCCc2cc(S(=O)(=O)N3CCC(C(=O)NCc4ccccn4)CC3)ccc2N1. The standard InChI is InChI=1S/C22H26N4O4S/c27-21-6-3-4-17-14-19(7-8-20(17)25-21)31(29,30)26-12-9-16(10-13-26)22(28)24-15-18-5-1-2-11-23-18/h1-2,5,7-8,11,14,16H,3-4,6,9-10,12-13,15H2,(H,24,28)(H,25,27). The van der Waals surface area contributed by atoms with Gasteiger partial charge in [0.05, 0.1) is 17.1 Å². The fraction of sp³-hybridized carbons (Fsp3) is 0.409. The molecule has 0 spiro atoms. The van der Waals surface area contributed by atoms with Crippen LogP contribution in [-0.2, 0) is 32.6 Å². The molecule has 1 saturated heterocycles. The molecule has 2 aliphatic heterocycles. The molecule has 2 aromatic rings. The summed E-state index contributed by atoms with van der Waals surface area (Å²) in [5.41, 5.74) is 2.32. The van der Waals surface area contributed by atoms with Crippen molar-refractivity contribution in [2.24, 2.45) is 5.92 Å². The van der Waals surface area contributed by atoms with E-state index in [1.807, 2.05) is 18.2 Å². The number of aryl methyl sites for hydroxylation is 1. The predicted molar refractivity (Wildman–Crippen MR) is 116 cm³/mol. The van der Waals surface area contributed by atoms with E-state index in [4.69, 9.17) is 0 Å². The van der Waals surface area contributed by atoms with E-state index in [-0.39, 0.29) is 22.6 Å². The quantitative estimate of drug-likeness (QED) is 0.737. The maximum Gasteiger partial charge on any atom is 0.243 e. The molecule has 8 nitrogen and oxygen atoms in total. The number of fused-ring (bicyclic) bond motifs is 1. The molecular weight excluding hydrogens is 416 g/mol. The van der Waals surface area contributed by atoms with Crippen molar-refractivity contribution in [2.75, 3.05) is 18.4 Å². The summed E-state index contributed by atoms with van der Waals surface area (Å²) in [4.78, 5) is 28.6. The summed E-state index contributed by atoms with van der Waals surface area (Å²) in [6, 6.07) is 10.4. The lowest BCUT2D eigenvalue weighted by Gasteiger charge is -2.30. The van der Waals surface area contributed by atoms with Crippen molar-refractivity contribution in [1.29, 1.82) is 0 Å². The van der Waals surface area contributed by atoms with Crippen LogP contribution < -0.4 is 10.6 Å². The van der Waals surface area contributed by atoms with Gasteiger partial charge in [0, 0.05) is 37.3 Å². The van der Waals surface area contributed by atoms with Crippen LogP contribution in [0, 0.1) is 5.92 Å². The Hall–Kier alpha value is -2.78. The van der Waals surface area contributed by atoms with Crippen molar-refractivity contribution in [3.05, 3.63) is 53.9 Å². The molecule has 0 radical (unpaired) electrons. The van der Waals surface area contributed by atoms with Crippen LogP contribution >= 0.6 is 0 Å². The lowest BCUT2D eigenvalue weighted by molar-refractivity contribution is -0.126. The van der Waals surface area contributed by atoms with Gasteiger partial charge in [0.2, 0.25) is 21.8 Å². The number of benzene rings is 1. The van der Waals surface area contributed by atoms with Gasteiger partial charge in [0.25, 0.3) is 0 Å². The molecule has 1 fully saturated rings. The third-order valence-electron chi connectivity index (χ3n) is 5.83. The number of aromatic nitrogens is 1. The number of anilines is 1. The molecule has 2 aliphatic rings. The number of hydrogen-bond acceptors (Lipinski definition) is 5. The van der Waals surface area contributed by atoms with Gasteiger partial charge in [-0.25, -0.2) is 8.42 Å². The Morgan fingerprint density at radius 2 is 1.97 bits per heavy atom. The van der Waals surface area contributed by atoms with E-state index in [9.17, 15) is 18.0 Å². The van der Waals surface area contributed by atoms with Gasteiger partial charge in [-0.15, -0.1) is 0 Å². The van der Waals surface area contributed by atoms with Crippen molar-refractivity contribution >= 4 is 27.5 Å². The molecule has 2 N–H and O–H groups in total. The van der Waals surface area contributed by atoms with Crippen molar-refractivity contribution in [3.63, 3.8) is 0 Å². The highest BCUT2D eigenvalue weighted by Crippen LogP contribution is 2.29. The molecular formula is C22H26N4O4S. The van der Waals surface area contributed by atoms with Crippen LogP contribution in [0.5, 0.6) is 0 Å². The summed E-state index contributed by atoms with van der Waals surface area (Å²) < 4.78 is 27.7. The number of hydrogen-bond donors (Lipinski definition) is 2. The lowest BCUT2D eigenvalue weighted by atomic mass is 9.97. The second-order valence-corrected chi connectivity index (χ2v) is 9.88. The highest BCUT2D eigenvalue weighted by molar-refractivity contribution is 7.89. The van der Waals surface area contributed by atoms with Gasteiger partial charge in [-0.1, -0.05) is 6.07 Å². The fourth-order valence-electron chi connectivity index (χ4n) is 4.04. The predicted octanol–water partition coefficient (Wildman–Crippen LogP) is 2.07. The maximum absolute atomic E-state index is 13.1. The first-order valence-corrected chi connectivity index (χ1v) is 12.0. The minimum absolute atomic E-state index is 0.0437. The summed E-state index contributed by atoms with van der Waals surface area (Å²) in [7, 11) is -3.65. The van der Waals surface area contributed by atoms with Crippen LogP contribution in [0.4, 0.5) is 5.69 Å². The lowest BCUT2D eigenvalue weighted by Crippen LogP contribution is -2.42. The first kappa shape index (κ1) is 21.5. The zero-order valence-electron chi connectivity index (χ0n) is 17.2. The number of amides is 2. The van der Waals surface area contributed by atoms with Crippen LogP contribution in [-0.4, -0.2) is 42.6 Å². The van der Waals surface area contributed by atoms with E-state index in [0.29, 0.717) is 57.4 Å². The molecule has 9 heteroatoms. The van der Waals surface area contributed by atoms with Gasteiger partial charge in [-0.2, -0.15) is 4.31 Å². The molecule has 2 amide bonds. The van der Waals surface area contributed by atoms with E-state index in [0.717, 1.165) is 11.3 Å². The van der Waals surface area contributed by atoms with Crippen LogP contribution in [0.1, 0.15) is 36.9 Å². The molecule has 0 aliphatic carbocycles. The molecule has 3 heterocycles. The molecule has 164 valence electrons. The first-order valence-electron chi connectivity index (χ1n) is 10.5. The molecule has 0 bridgehead atoms. The minimum Gasteiger partial charge on any atom is -0.350 e. The van der Waals surface area contributed by atoms with E-state index in [1.165, 1.54) is 4.31 Å². The number of carbonyl (C=O) groups excluding carboxylic acids is 2. The van der Waals surface area contributed by atoms with Gasteiger partial charge >= 0.3 is 0 Å². The zero-order chi connectivity index (χ0) is 21.8. The highest BCUT2D eigenvalue weighted by Gasteiger charge is 2.32. The van der Waals surface area contributed by atoms with Crippen molar-refractivity contribution in [3.8, 4) is 0 Å². The molecule has 31 heavy (non-hydrogen) atoms. The van der Waals surface area contributed by atoms with Crippen LogP contribution in [0.3, 0.4) is 0 Å². The van der Waals surface area contributed by atoms with Gasteiger partial charge in [-0.3, -0.25) is 14.6 Å². The molecule has 1 aromatic carbocycles. The van der Waals surface area contributed by atoms with E-state index in [2.05, 4.69) is 15.6 Å². The summed E-state index contributed by atoms with van der Waals surface area (Å²) >= 11 is 0. The number of sulfonamides is 1. The topological polar surface area (TPSA) is 108 Å². The Bertz CT molecular complexity index is 1060. The van der Waals surface area contributed by atoms with E-state index in [1.54, 1.807) is 24.4 Å². The monoisotopic (exact) mass is 442 g/mol. The third-order valence-corrected chi connectivity index (χ3v) is 7.73. The van der Waals surface area contributed by atoms with E-state index >= 15 is 0 Å². The smallest absolute Gasteiger partial charge is 0.243 e. The highest BCUT2D eigenvalue weighted by atomic mass is 32.2. The Balaban J connectivity index is 1.37. The summed E-state index contributed by atoms with van der Waals surface area (Å²) in [5.74, 6) is -0.321. The second-order valence-electron chi connectivity index (χ2n) is 7.94. The summed E-state index contributed by atoms with van der Waals surface area (Å²) in [6.07, 6.45) is 4.44. The Morgan fingerprint density at radius 1 is 1.16 bits per heavy atom. The average molecular weight is 443 g/mol. The van der Waals surface area contributed by atoms with Crippen molar-refractivity contribution < 1.29 is 18.0 Å². The summed E-state index contributed by atoms with van der Waals surface area (Å²) in [5, 5.41) is 5.72. The molecule has 4 rings (SSSR count). The van der Waals surface area contributed by atoms with Crippen molar-refractivity contribution in [1.82, 2.24) is 14.6 Å². The van der Waals surface area contributed by atoms with Crippen LogP contribution in [0.2, 0.25) is 0 Å². The molecule has 0 atom stereocenters. The maximum atomic E-state index is 13.1. The van der Waals surface area contributed by atoms with Gasteiger partial charge in [0.15, 0.2) is 0 Å². The van der Waals surface area contributed by atoms with E-state index < -0.39 is 10.0 Å². The van der Waals surface area contributed by atoms with Gasteiger partial charge < -0.3 is 10.6 Å². The Labute approximate surface area is 182 Å². The Kier molecular flexibility index (Phi) is 6.33. The molecule has 1 aromatic heterocycles. The minimum atomic E-state index is -3.65. The fourth-order valence-corrected chi connectivity index (χ4v) is 5.56. The second kappa shape index (κ2) is 9.15. The number of piperidine rings is 1. The van der Waals surface area contributed by atoms with Crippen LogP contribution in [0.15, 0.2) is 47.5 Å². The van der Waals surface area contributed by atoms with Crippen LogP contribution in [0.25, 0.3) is 0 Å². The van der Waals surface area contributed by atoms with Gasteiger partial charge in [0.1, 0.15) is 0 Å². The van der Waals surface area contributed by atoms with Gasteiger partial charge in [-0.05, 0) is 61.6 Å². The number of pyridine rings is 1. The first-order chi connectivity index (χ1) is 14.9. The number of nitrogens with one attached hydrogen (secondary N) is 2. The number of rotatable bonds is 5. The molecule has 0 saturated carbocycles. The zero-order valence-corrected chi connectivity index (χ0v) is 18.0. The Morgan fingerprint density at radius 3 is 2.71 bits per heavy atom. The third kappa shape index (κ3) is 4.94.